The molecule has 2 N–H and O–H groups in total. The standard InChI is InChI=1S/C16H26N4O5/c1-3-16(2)14(22)20(15(23)17-16)18-12(21)10-19-6-4-11(5-7-19)13-24-8-9-25-13/h11,13H,3-10H2,1-2H3,(H,17,23)(H,18,21). The van der Waals surface area contributed by atoms with Gasteiger partial charge in [-0.2, -0.15) is 5.01 Å². The monoisotopic (exact) mass is 354 g/mol. The van der Waals surface area contributed by atoms with Crippen molar-refractivity contribution < 1.29 is 23.9 Å². The predicted molar refractivity (Wildman–Crippen MR) is 87.1 cm³/mol. The van der Waals surface area contributed by atoms with Crippen molar-refractivity contribution in [1.29, 1.82) is 0 Å². The van der Waals surface area contributed by atoms with E-state index < -0.39 is 17.5 Å². The Labute approximate surface area is 146 Å². The third kappa shape index (κ3) is 3.78. The fourth-order valence-corrected chi connectivity index (χ4v) is 3.42. The molecular formula is C16H26N4O5. The van der Waals surface area contributed by atoms with E-state index in [0.29, 0.717) is 25.6 Å². The van der Waals surface area contributed by atoms with Gasteiger partial charge in [0, 0.05) is 5.92 Å². The highest BCUT2D eigenvalue weighted by Gasteiger charge is 2.47. The number of carbonyl (C=O) groups excluding carboxylic acids is 3. The van der Waals surface area contributed by atoms with E-state index in [-0.39, 0.29) is 18.7 Å². The van der Waals surface area contributed by atoms with Gasteiger partial charge in [-0.3, -0.25) is 19.9 Å². The summed E-state index contributed by atoms with van der Waals surface area (Å²) in [5.74, 6) is -0.434. The van der Waals surface area contributed by atoms with Crippen molar-refractivity contribution in [2.45, 2.75) is 44.9 Å². The van der Waals surface area contributed by atoms with Gasteiger partial charge < -0.3 is 14.8 Å². The molecule has 0 saturated carbocycles. The maximum atomic E-state index is 12.3. The van der Waals surface area contributed by atoms with Gasteiger partial charge in [0.25, 0.3) is 11.8 Å². The molecule has 0 aliphatic carbocycles. The number of rotatable bonds is 5. The van der Waals surface area contributed by atoms with Crippen LogP contribution in [-0.4, -0.2) is 72.4 Å². The van der Waals surface area contributed by atoms with Crippen LogP contribution in [0.3, 0.4) is 0 Å². The maximum Gasteiger partial charge on any atom is 0.344 e. The van der Waals surface area contributed by atoms with Gasteiger partial charge in [0.05, 0.1) is 19.8 Å². The number of nitrogens with one attached hydrogen (secondary N) is 2. The number of nitrogens with zero attached hydrogens (tertiary/aromatic N) is 2. The molecule has 0 spiro atoms. The molecule has 9 heteroatoms. The fraction of sp³-hybridized carbons (Fsp3) is 0.812. The van der Waals surface area contributed by atoms with E-state index in [2.05, 4.69) is 10.7 Å². The zero-order valence-electron chi connectivity index (χ0n) is 14.7. The van der Waals surface area contributed by atoms with Crippen molar-refractivity contribution in [3.8, 4) is 0 Å². The molecule has 1 atom stereocenters. The smallest absolute Gasteiger partial charge is 0.344 e. The fourth-order valence-electron chi connectivity index (χ4n) is 3.42. The Balaban J connectivity index is 1.45. The van der Waals surface area contributed by atoms with Crippen molar-refractivity contribution in [2.75, 3.05) is 32.8 Å². The highest BCUT2D eigenvalue weighted by Crippen LogP contribution is 2.25. The Hall–Kier alpha value is -1.71. The van der Waals surface area contributed by atoms with Crippen LogP contribution in [0.25, 0.3) is 0 Å². The van der Waals surface area contributed by atoms with Crippen molar-refractivity contribution in [1.82, 2.24) is 20.7 Å². The molecule has 0 radical (unpaired) electrons. The lowest BCUT2D eigenvalue weighted by atomic mass is 9.96. The minimum atomic E-state index is -0.954. The summed E-state index contributed by atoms with van der Waals surface area (Å²) in [6.45, 7) is 6.43. The van der Waals surface area contributed by atoms with Gasteiger partial charge in [-0.15, -0.1) is 0 Å². The number of amides is 4. The first-order valence-corrected chi connectivity index (χ1v) is 8.84. The second-order valence-electron chi connectivity index (χ2n) is 7.01. The van der Waals surface area contributed by atoms with Gasteiger partial charge in [0.15, 0.2) is 6.29 Å². The number of likely N-dealkylation sites (tertiary alicyclic amines) is 1. The molecule has 3 fully saturated rings. The zero-order chi connectivity index (χ0) is 18.0. The molecule has 3 heterocycles. The molecule has 3 aliphatic heterocycles. The minimum Gasteiger partial charge on any atom is -0.350 e. The Morgan fingerprint density at radius 3 is 2.48 bits per heavy atom. The molecule has 1 unspecified atom stereocenters. The van der Waals surface area contributed by atoms with Crippen LogP contribution in [0.1, 0.15) is 33.1 Å². The summed E-state index contributed by atoms with van der Waals surface area (Å²) in [6.07, 6.45) is 2.14. The van der Waals surface area contributed by atoms with E-state index in [1.165, 1.54) is 0 Å². The lowest BCUT2D eigenvalue weighted by Crippen LogP contribution is -2.52. The second kappa shape index (κ2) is 7.27. The summed E-state index contributed by atoms with van der Waals surface area (Å²) in [5, 5.41) is 3.40. The molecule has 0 bridgehead atoms. The highest BCUT2D eigenvalue weighted by atomic mass is 16.7. The molecule has 140 valence electrons. The highest BCUT2D eigenvalue weighted by molar-refractivity contribution is 6.07. The van der Waals surface area contributed by atoms with Crippen molar-refractivity contribution in [3.05, 3.63) is 0 Å². The normalized spacial score (nSPS) is 29.3. The first-order chi connectivity index (χ1) is 11.9. The first-order valence-electron chi connectivity index (χ1n) is 8.84. The third-order valence-corrected chi connectivity index (χ3v) is 5.24. The number of carbonyl (C=O) groups is 3. The number of imide groups is 1. The van der Waals surface area contributed by atoms with Crippen molar-refractivity contribution in [3.63, 3.8) is 0 Å². The van der Waals surface area contributed by atoms with Crippen LogP contribution < -0.4 is 10.7 Å². The van der Waals surface area contributed by atoms with Crippen LogP contribution in [0, 0.1) is 5.92 Å². The summed E-state index contributed by atoms with van der Waals surface area (Å²) in [6, 6.07) is -0.586. The average Bonchev–Trinajstić information content (AvgIpc) is 3.20. The maximum absolute atomic E-state index is 12.3. The third-order valence-electron chi connectivity index (χ3n) is 5.24. The molecule has 4 amide bonds. The molecule has 3 saturated heterocycles. The topological polar surface area (TPSA) is 100 Å². The summed E-state index contributed by atoms with van der Waals surface area (Å²) in [5.41, 5.74) is 1.47. The molecule has 9 nitrogen and oxygen atoms in total. The Bertz CT molecular complexity index is 543. The van der Waals surface area contributed by atoms with Crippen molar-refractivity contribution in [2.24, 2.45) is 5.92 Å². The SMILES string of the molecule is CCC1(C)NC(=O)N(NC(=O)CN2CCC(C3OCCO3)CC2)C1=O. The van der Waals surface area contributed by atoms with Gasteiger partial charge in [-0.25, -0.2) is 4.79 Å². The minimum absolute atomic E-state index is 0.117. The zero-order valence-corrected chi connectivity index (χ0v) is 14.7. The predicted octanol–water partition coefficient (Wildman–Crippen LogP) is -0.177. The van der Waals surface area contributed by atoms with Crippen LogP contribution >= 0.6 is 0 Å². The van der Waals surface area contributed by atoms with Gasteiger partial charge >= 0.3 is 6.03 Å². The van der Waals surface area contributed by atoms with Gasteiger partial charge in [-0.1, -0.05) is 6.92 Å². The van der Waals surface area contributed by atoms with Gasteiger partial charge in [0.1, 0.15) is 5.54 Å². The van der Waals surface area contributed by atoms with Crippen LogP contribution in [0.15, 0.2) is 0 Å². The largest absolute Gasteiger partial charge is 0.350 e. The van der Waals surface area contributed by atoms with Gasteiger partial charge in [0.2, 0.25) is 0 Å². The summed E-state index contributed by atoms with van der Waals surface area (Å²) >= 11 is 0. The number of urea groups is 1. The van der Waals surface area contributed by atoms with E-state index in [1.54, 1.807) is 6.92 Å². The quantitative estimate of drug-likeness (QED) is 0.665. The van der Waals surface area contributed by atoms with Crippen LogP contribution in [-0.2, 0) is 19.1 Å². The lowest BCUT2D eigenvalue weighted by Gasteiger charge is -2.33. The summed E-state index contributed by atoms with van der Waals surface area (Å²) < 4.78 is 11.1. The Kier molecular flexibility index (Phi) is 5.26. The van der Waals surface area contributed by atoms with Crippen LogP contribution in [0.2, 0.25) is 0 Å². The number of hydrogen-bond acceptors (Lipinski definition) is 6. The molecule has 0 aromatic rings. The summed E-state index contributed by atoms with van der Waals surface area (Å²) in [7, 11) is 0. The molecule has 3 aliphatic rings. The second-order valence-corrected chi connectivity index (χ2v) is 7.01. The number of ether oxygens (including phenoxy) is 2. The van der Waals surface area contributed by atoms with Crippen LogP contribution in [0.4, 0.5) is 4.79 Å². The lowest BCUT2D eigenvalue weighted by molar-refractivity contribution is -0.139. The molecular weight excluding hydrogens is 328 g/mol. The van der Waals surface area contributed by atoms with Crippen molar-refractivity contribution >= 4 is 17.8 Å². The van der Waals surface area contributed by atoms with E-state index in [0.717, 1.165) is 30.9 Å². The number of piperidine rings is 1. The van der Waals surface area contributed by atoms with Gasteiger partial charge in [-0.05, 0) is 39.3 Å². The van der Waals surface area contributed by atoms with E-state index in [4.69, 9.17) is 9.47 Å². The first kappa shape index (κ1) is 18.1. The Morgan fingerprint density at radius 2 is 1.92 bits per heavy atom. The average molecular weight is 354 g/mol. The van der Waals surface area contributed by atoms with E-state index in [9.17, 15) is 14.4 Å². The Morgan fingerprint density at radius 1 is 1.28 bits per heavy atom. The molecule has 25 heavy (non-hydrogen) atoms. The summed E-state index contributed by atoms with van der Waals surface area (Å²) in [4.78, 5) is 38.4. The molecule has 0 aromatic carbocycles. The molecule has 3 rings (SSSR count). The van der Waals surface area contributed by atoms with E-state index >= 15 is 0 Å². The van der Waals surface area contributed by atoms with E-state index in [1.807, 2.05) is 11.8 Å². The molecule has 0 aromatic heterocycles. The van der Waals surface area contributed by atoms with Crippen LogP contribution in [0.5, 0.6) is 0 Å². The number of hydrogen-bond donors (Lipinski definition) is 2. The number of hydrazine groups is 1.